The first-order chi connectivity index (χ1) is 18.6. The van der Waals surface area contributed by atoms with Crippen LogP contribution in [0.1, 0.15) is 10.4 Å². The number of thioether (sulfide) groups is 1. The van der Waals surface area contributed by atoms with Crippen molar-refractivity contribution in [3.63, 3.8) is 0 Å². The first-order valence-electron chi connectivity index (χ1n) is 11.6. The summed E-state index contributed by atoms with van der Waals surface area (Å²) in [5.74, 6) is -0.810. The van der Waals surface area contributed by atoms with E-state index in [1.54, 1.807) is 24.3 Å². The Labute approximate surface area is 234 Å². The first kappa shape index (κ1) is 27.0. The molecular weight excluding hydrogens is 567 g/mol. The van der Waals surface area contributed by atoms with E-state index >= 15 is 0 Å². The van der Waals surface area contributed by atoms with E-state index in [2.05, 4.69) is 5.32 Å². The van der Waals surface area contributed by atoms with Gasteiger partial charge in [0.2, 0.25) is 5.91 Å². The number of para-hydroxylation sites is 1. The van der Waals surface area contributed by atoms with E-state index in [1.807, 2.05) is 43.3 Å². The Morgan fingerprint density at radius 1 is 1.05 bits per heavy atom. The monoisotopic (exact) mass is 585 g/mol. The maximum absolute atomic E-state index is 14.0. The molecule has 0 spiro atoms. The highest BCUT2D eigenvalue weighted by Crippen LogP contribution is 2.37. The molecule has 0 saturated carbocycles. The number of hydrogen-bond donors (Lipinski definition) is 1. The first-order valence-corrected chi connectivity index (χ1v) is 13.8. The number of anilines is 1. The van der Waals surface area contributed by atoms with Gasteiger partial charge < -0.3 is 5.32 Å². The van der Waals surface area contributed by atoms with Gasteiger partial charge in [-0.15, -0.1) is 11.3 Å². The van der Waals surface area contributed by atoms with Gasteiger partial charge in [-0.25, -0.2) is 4.98 Å². The van der Waals surface area contributed by atoms with Crippen LogP contribution in [0.5, 0.6) is 0 Å². The molecule has 0 saturated heterocycles. The van der Waals surface area contributed by atoms with Crippen LogP contribution in [0.3, 0.4) is 0 Å². The predicted molar refractivity (Wildman–Crippen MR) is 151 cm³/mol. The van der Waals surface area contributed by atoms with Crippen LogP contribution in [0.15, 0.2) is 88.8 Å². The Morgan fingerprint density at radius 3 is 2.38 bits per heavy atom. The van der Waals surface area contributed by atoms with Gasteiger partial charge in [-0.1, -0.05) is 71.9 Å². The van der Waals surface area contributed by atoms with Crippen LogP contribution < -0.4 is 10.9 Å². The highest BCUT2D eigenvalue weighted by Gasteiger charge is 2.31. The molecule has 2 aromatic heterocycles. The quantitative estimate of drug-likeness (QED) is 0.163. The number of thiophene rings is 1. The number of carbonyl (C=O) groups is 1. The fourth-order valence-corrected chi connectivity index (χ4v) is 6.17. The van der Waals surface area contributed by atoms with E-state index in [0.717, 1.165) is 46.0 Å². The molecule has 0 bridgehead atoms. The largest absolute Gasteiger partial charge is 0.416 e. The molecular formula is C28H19ClF3N3O2S2. The summed E-state index contributed by atoms with van der Waals surface area (Å²) in [6.45, 7) is 1.93. The van der Waals surface area contributed by atoms with Crippen molar-refractivity contribution in [3.05, 3.63) is 105 Å². The third-order valence-electron chi connectivity index (χ3n) is 5.85. The number of rotatable bonds is 6. The van der Waals surface area contributed by atoms with Crippen molar-refractivity contribution in [2.24, 2.45) is 0 Å². The van der Waals surface area contributed by atoms with Crippen molar-refractivity contribution in [3.8, 4) is 16.8 Å². The van der Waals surface area contributed by atoms with Crippen LogP contribution in [0.4, 0.5) is 18.9 Å². The molecule has 0 aliphatic rings. The second-order valence-corrected chi connectivity index (χ2v) is 11.0. The summed E-state index contributed by atoms with van der Waals surface area (Å²) >= 11 is 8.41. The average molecular weight is 586 g/mol. The lowest BCUT2D eigenvalue weighted by Gasteiger charge is -2.14. The average Bonchev–Trinajstić information content (AvgIpc) is 3.25. The van der Waals surface area contributed by atoms with Crippen molar-refractivity contribution in [1.29, 1.82) is 0 Å². The number of hydrogen-bond acceptors (Lipinski definition) is 5. The van der Waals surface area contributed by atoms with Crippen LogP contribution in [-0.4, -0.2) is 21.2 Å². The maximum atomic E-state index is 14.0. The van der Waals surface area contributed by atoms with Crippen LogP contribution in [0.25, 0.3) is 27.0 Å². The van der Waals surface area contributed by atoms with Gasteiger partial charge in [0.05, 0.1) is 33.1 Å². The molecule has 39 heavy (non-hydrogen) atoms. The summed E-state index contributed by atoms with van der Waals surface area (Å²) in [6, 6.07) is 21.2. The number of alkyl halides is 3. The number of amides is 1. The molecule has 1 amide bonds. The molecule has 0 unspecified atom stereocenters. The SMILES string of the molecule is Cc1sc2nc(SCC(=O)Nc3cc(C(F)(F)F)ccc3Cl)n(-c3ccccc3)c(=O)c2c1-c1ccccc1. The zero-order valence-corrected chi connectivity index (χ0v) is 22.6. The Balaban J connectivity index is 1.52. The van der Waals surface area contributed by atoms with Crippen molar-refractivity contribution in [2.45, 2.75) is 18.3 Å². The number of nitrogens with zero attached hydrogens (tertiary/aromatic N) is 2. The normalized spacial score (nSPS) is 11.6. The van der Waals surface area contributed by atoms with Crippen molar-refractivity contribution >= 4 is 56.5 Å². The van der Waals surface area contributed by atoms with Crippen LogP contribution in [0.2, 0.25) is 5.02 Å². The van der Waals surface area contributed by atoms with Crippen molar-refractivity contribution in [2.75, 3.05) is 11.1 Å². The van der Waals surface area contributed by atoms with Gasteiger partial charge in [-0.05, 0) is 42.8 Å². The third-order valence-corrected chi connectivity index (χ3v) is 8.12. The van der Waals surface area contributed by atoms with Crippen LogP contribution >= 0.6 is 34.7 Å². The molecule has 5 rings (SSSR count). The van der Waals surface area contributed by atoms with Gasteiger partial charge in [0, 0.05) is 10.4 Å². The second-order valence-electron chi connectivity index (χ2n) is 8.48. The molecule has 5 nitrogen and oxygen atoms in total. The van der Waals surface area contributed by atoms with Gasteiger partial charge in [-0.3, -0.25) is 14.2 Å². The zero-order chi connectivity index (χ0) is 27.7. The minimum Gasteiger partial charge on any atom is -0.324 e. The van der Waals surface area contributed by atoms with Gasteiger partial charge in [0.1, 0.15) is 4.83 Å². The zero-order valence-electron chi connectivity index (χ0n) is 20.3. The molecule has 2 heterocycles. The smallest absolute Gasteiger partial charge is 0.324 e. The Hall–Kier alpha value is -3.60. The Bertz CT molecular complexity index is 1740. The number of benzene rings is 3. The molecule has 0 atom stereocenters. The molecule has 0 aliphatic heterocycles. The van der Waals surface area contributed by atoms with Crippen LogP contribution in [-0.2, 0) is 11.0 Å². The van der Waals surface area contributed by atoms with E-state index in [0.29, 0.717) is 15.9 Å². The Morgan fingerprint density at radius 2 is 1.72 bits per heavy atom. The van der Waals surface area contributed by atoms with E-state index in [-0.39, 0.29) is 27.2 Å². The van der Waals surface area contributed by atoms with E-state index in [9.17, 15) is 22.8 Å². The van der Waals surface area contributed by atoms with Gasteiger partial charge in [0.25, 0.3) is 5.56 Å². The van der Waals surface area contributed by atoms with E-state index in [1.165, 1.54) is 15.9 Å². The lowest BCUT2D eigenvalue weighted by atomic mass is 10.0. The number of carbonyl (C=O) groups excluding carboxylic acids is 1. The molecule has 0 radical (unpaired) electrons. The number of aryl methyl sites for hydroxylation is 1. The highest BCUT2D eigenvalue weighted by atomic mass is 35.5. The fourth-order valence-electron chi connectivity index (χ4n) is 4.11. The summed E-state index contributed by atoms with van der Waals surface area (Å²) in [5, 5.41) is 3.18. The molecule has 1 N–H and O–H groups in total. The standard InChI is InChI=1S/C28H19ClF3N3O2S2/c1-16-23(17-8-4-2-5-9-17)24-25(39-16)34-27(35(26(24)37)19-10-6-3-7-11-19)38-15-22(36)33-21-14-18(28(30,31)32)12-13-20(21)29/h2-14H,15H2,1H3,(H,33,36). The molecule has 11 heteroatoms. The summed E-state index contributed by atoms with van der Waals surface area (Å²) < 4.78 is 40.8. The fraction of sp³-hybridized carbons (Fsp3) is 0.107. The summed E-state index contributed by atoms with van der Waals surface area (Å²) in [6.07, 6.45) is -4.58. The molecule has 5 aromatic rings. The molecule has 198 valence electrons. The predicted octanol–water partition coefficient (Wildman–Crippen LogP) is 7.83. The van der Waals surface area contributed by atoms with Crippen molar-refractivity contribution < 1.29 is 18.0 Å². The molecule has 3 aromatic carbocycles. The summed E-state index contributed by atoms with van der Waals surface area (Å²) in [7, 11) is 0. The summed E-state index contributed by atoms with van der Waals surface area (Å²) in [4.78, 5) is 32.9. The van der Waals surface area contributed by atoms with Crippen LogP contribution in [0, 0.1) is 6.92 Å². The topological polar surface area (TPSA) is 64.0 Å². The van der Waals surface area contributed by atoms with Gasteiger partial charge in [-0.2, -0.15) is 13.2 Å². The molecule has 0 aliphatic carbocycles. The second kappa shape index (κ2) is 10.9. The molecule has 0 fully saturated rings. The van der Waals surface area contributed by atoms with E-state index < -0.39 is 17.6 Å². The Kier molecular flexibility index (Phi) is 7.53. The summed E-state index contributed by atoms with van der Waals surface area (Å²) in [5.41, 5.74) is 0.926. The number of aromatic nitrogens is 2. The number of fused-ring (bicyclic) bond motifs is 1. The van der Waals surface area contributed by atoms with Gasteiger partial charge >= 0.3 is 6.18 Å². The maximum Gasteiger partial charge on any atom is 0.416 e. The number of nitrogens with one attached hydrogen (secondary N) is 1. The third kappa shape index (κ3) is 5.59. The minimum absolute atomic E-state index is 0.0235. The van der Waals surface area contributed by atoms with Crippen molar-refractivity contribution in [1.82, 2.24) is 9.55 Å². The minimum atomic E-state index is -4.58. The number of halogens is 4. The lowest BCUT2D eigenvalue weighted by molar-refractivity contribution is -0.137. The van der Waals surface area contributed by atoms with E-state index in [4.69, 9.17) is 16.6 Å². The highest BCUT2D eigenvalue weighted by molar-refractivity contribution is 7.99. The van der Waals surface area contributed by atoms with Gasteiger partial charge in [0.15, 0.2) is 5.16 Å². The lowest BCUT2D eigenvalue weighted by Crippen LogP contribution is -2.22.